The van der Waals surface area contributed by atoms with Crippen LogP contribution in [0.15, 0.2) is 18.2 Å². The molecule has 0 spiro atoms. The first kappa shape index (κ1) is 15.0. The van der Waals surface area contributed by atoms with E-state index in [1.54, 1.807) is 0 Å². The highest BCUT2D eigenvalue weighted by Crippen LogP contribution is 2.21. The molecule has 4 heteroatoms. The molecule has 0 unspecified atom stereocenters. The van der Waals surface area contributed by atoms with Gasteiger partial charge in [0, 0.05) is 11.6 Å². The summed E-state index contributed by atoms with van der Waals surface area (Å²) >= 11 is 5.67. The van der Waals surface area contributed by atoms with Crippen molar-refractivity contribution in [1.29, 1.82) is 0 Å². The molecule has 100 valence electrons. The van der Waals surface area contributed by atoms with Crippen molar-refractivity contribution in [3.8, 4) is 0 Å². The van der Waals surface area contributed by atoms with Gasteiger partial charge in [0.25, 0.3) is 0 Å². The normalized spacial score (nSPS) is 12.2. The van der Waals surface area contributed by atoms with Gasteiger partial charge < -0.3 is 5.32 Å². The first-order chi connectivity index (χ1) is 8.58. The molecule has 1 rings (SSSR count). The summed E-state index contributed by atoms with van der Waals surface area (Å²) in [7, 11) is 0. The standard InChI is InChI=1S/C14H19ClFNO/c1-3-5-6-10(4-2)14(18)17-11-7-8-13(16)12(15)9-11/h7-10H,3-6H2,1-2H3,(H,17,18)/t10-/m0/s1. The maximum Gasteiger partial charge on any atom is 0.227 e. The third kappa shape index (κ3) is 4.30. The number of carbonyl (C=O) groups is 1. The Morgan fingerprint density at radius 3 is 2.72 bits per heavy atom. The Kier molecular flexibility index (Phi) is 6.13. The van der Waals surface area contributed by atoms with Crippen LogP contribution in [0.4, 0.5) is 10.1 Å². The smallest absolute Gasteiger partial charge is 0.227 e. The van der Waals surface area contributed by atoms with Gasteiger partial charge in [0.2, 0.25) is 5.91 Å². The number of hydrogen-bond donors (Lipinski definition) is 1. The lowest BCUT2D eigenvalue weighted by Gasteiger charge is -2.14. The largest absolute Gasteiger partial charge is 0.326 e. The summed E-state index contributed by atoms with van der Waals surface area (Å²) in [5.41, 5.74) is 0.543. The van der Waals surface area contributed by atoms with E-state index in [9.17, 15) is 9.18 Å². The minimum atomic E-state index is -0.479. The highest BCUT2D eigenvalue weighted by Gasteiger charge is 2.16. The van der Waals surface area contributed by atoms with Crippen LogP contribution < -0.4 is 5.32 Å². The van der Waals surface area contributed by atoms with E-state index in [2.05, 4.69) is 12.2 Å². The molecule has 0 aliphatic heterocycles. The topological polar surface area (TPSA) is 29.1 Å². The fourth-order valence-corrected chi connectivity index (χ4v) is 1.97. The second-order valence-corrected chi connectivity index (χ2v) is 4.77. The van der Waals surface area contributed by atoms with Crippen molar-refractivity contribution in [2.45, 2.75) is 39.5 Å². The van der Waals surface area contributed by atoms with Gasteiger partial charge in [0.15, 0.2) is 0 Å². The van der Waals surface area contributed by atoms with Gasteiger partial charge in [-0.05, 0) is 31.0 Å². The number of amides is 1. The highest BCUT2D eigenvalue weighted by atomic mass is 35.5. The van der Waals surface area contributed by atoms with Gasteiger partial charge in [-0.3, -0.25) is 4.79 Å². The Balaban J connectivity index is 2.64. The van der Waals surface area contributed by atoms with E-state index in [1.165, 1.54) is 18.2 Å². The second kappa shape index (κ2) is 7.37. The summed E-state index contributed by atoms with van der Waals surface area (Å²) < 4.78 is 13.0. The van der Waals surface area contributed by atoms with E-state index in [0.29, 0.717) is 5.69 Å². The van der Waals surface area contributed by atoms with E-state index < -0.39 is 5.82 Å². The molecule has 2 nitrogen and oxygen atoms in total. The number of anilines is 1. The predicted octanol–water partition coefficient (Wildman–Crippen LogP) is 4.63. The molecule has 1 aromatic carbocycles. The minimum Gasteiger partial charge on any atom is -0.326 e. The van der Waals surface area contributed by atoms with Crippen LogP contribution in [0, 0.1) is 11.7 Å². The Morgan fingerprint density at radius 2 is 2.17 bits per heavy atom. The lowest BCUT2D eigenvalue weighted by Crippen LogP contribution is -2.22. The first-order valence-corrected chi connectivity index (χ1v) is 6.72. The summed E-state index contributed by atoms with van der Waals surface area (Å²) in [4.78, 5) is 12.0. The van der Waals surface area contributed by atoms with Crippen molar-refractivity contribution in [2.75, 3.05) is 5.32 Å². The second-order valence-electron chi connectivity index (χ2n) is 4.37. The maximum absolute atomic E-state index is 13.0. The Morgan fingerprint density at radius 1 is 1.44 bits per heavy atom. The van der Waals surface area contributed by atoms with Crippen molar-refractivity contribution in [2.24, 2.45) is 5.92 Å². The van der Waals surface area contributed by atoms with E-state index in [4.69, 9.17) is 11.6 Å². The molecule has 0 fully saturated rings. The Bertz CT molecular complexity index is 409. The molecule has 1 amide bonds. The zero-order valence-corrected chi connectivity index (χ0v) is 11.6. The summed E-state index contributed by atoms with van der Waals surface area (Å²) in [6.45, 7) is 4.10. The number of rotatable bonds is 6. The zero-order valence-electron chi connectivity index (χ0n) is 10.8. The van der Waals surface area contributed by atoms with Crippen molar-refractivity contribution >= 4 is 23.2 Å². The van der Waals surface area contributed by atoms with Gasteiger partial charge in [0.1, 0.15) is 5.82 Å². The van der Waals surface area contributed by atoms with Crippen molar-refractivity contribution in [3.63, 3.8) is 0 Å². The quantitative estimate of drug-likeness (QED) is 0.803. The lowest BCUT2D eigenvalue weighted by atomic mass is 9.98. The fraction of sp³-hybridized carbons (Fsp3) is 0.500. The number of halogens is 2. The Labute approximate surface area is 113 Å². The molecular weight excluding hydrogens is 253 g/mol. The average Bonchev–Trinajstić information content (AvgIpc) is 2.35. The molecule has 0 aliphatic rings. The molecule has 1 aromatic rings. The van der Waals surface area contributed by atoms with Crippen LogP contribution in [0.1, 0.15) is 39.5 Å². The number of carbonyl (C=O) groups excluding carboxylic acids is 1. The molecule has 1 atom stereocenters. The molecule has 18 heavy (non-hydrogen) atoms. The van der Waals surface area contributed by atoms with Crippen LogP contribution in [-0.4, -0.2) is 5.91 Å². The van der Waals surface area contributed by atoms with Gasteiger partial charge >= 0.3 is 0 Å². The third-order valence-corrected chi connectivity index (χ3v) is 3.25. The van der Waals surface area contributed by atoms with Crippen molar-refractivity contribution < 1.29 is 9.18 Å². The number of unbranched alkanes of at least 4 members (excludes halogenated alkanes) is 1. The summed E-state index contributed by atoms with van der Waals surface area (Å²) in [5, 5.41) is 2.80. The maximum atomic E-state index is 13.0. The van der Waals surface area contributed by atoms with Gasteiger partial charge in [-0.2, -0.15) is 0 Å². The molecule has 0 saturated heterocycles. The molecule has 0 radical (unpaired) electrons. The SMILES string of the molecule is CCCC[C@H](CC)C(=O)Nc1ccc(F)c(Cl)c1. The van der Waals surface area contributed by atoms with E-state index in [1.807, 2.05) is 6.92 Å². The summed E-state index contributed by atoms with van der Waals surface area (Å²) in [6.07, 6.45) is 3.80. The molecule has 0 bridgehead atoms. The monoisotopic (exact) mass is 271 g/mol. The van der Waals surface area contributed by atoms with Crippen LogP contribution in [-0.2, 0) is 4.79 Å². The minimum absolute atomic E-state index is 0.00813. The first-order valence-electron chi connectivity index (χ1n) is 6.34. The van der Waals surface area contributed by atoms with Crippen LogP contribution >= 0.6 is 11.6 Å². The number of hydrogen-bond acceptors (Lipinski definition) is 1. The van der Waals surface area contributed by atoms with Gasteiger partial charge in [0.05, 0.1) is 5.02 Å². The summed E-state index contributed by atoms with van der Waals surface area (Å²) in [5.74, 6) is -0.491. The van der Waals surface area contributed by atoms with Crippen LogP contribution in [0.25, 0.3) is 0 Å². The molecule has 0 saturated carbocycles. The lowest BCUT2D eigenvalue weighted by molar-refractivity contribution is -0.120. The zero-order chi connectivity index (χ0) is 13.5. The Hall–Kier alpha value is -1.09. The van der Waals surface area contributed by atoms with Gasteiger partial charge in [-0.15, -0.1) is 0 Å². The van der Waals surface area contributed by atoms with Crippen LogP contribution in [0.3, 0.4) is 0 Å². The predicted molar refractivity (Wildman–Crippen MR) is 73.3 cm³/mol. The fourth-order valence-electron chi connectivity index (χ4n) is 1.79. The third-order valence-electron chi connectivity index (χ3n) is 2.96. The molecule has 0 heterocycles. The molecular formula is C14H19ClFNO. The van der Waals surface area contributed by atoms with E-state index in [-0.39, 0.29) is 16.8 Å². The number of nitrogens with one attached hydrogen (secondary N) is 1. The van der Waals surface area contributed by atoms with Crippen molar-refractivity contribution in [1.82, 2.24) is 0 Å². The van der Waals surface area contributed by atoms with Crippen LogP contribution in [0.2, 0.25) is 5.02 Å². The number of benzene rings is 1. The molecule has 0 aliphatic carbocycles. The molecule has 1 N–H and O–H groups in total. The van der Waals surface area contributed by atoms with E-state index >= 15 is 0 Å². The van der Waals surface area contributed by atoms with E-state index in [0.717, 1.165) is 25.7 Å². The highest BCUT2D eigenvalue weighted by molar-refractivity contribution is 6.31. The molecule has 0 aromatic heterocycles. The van der Waals surface area contributed by atoms with Crippen LogP contribution in [0.5, 0.6) is 0 Å². The van der Waals surface area contributed by atoms with Gasteiger partial charge in [-0.1, -0.05) is 38.3 Å². The van der Waals surface area contributed by atoms with Gasteiger partial charge in [-0.25, -0.2) is 4.39 Å². The average molecular weight is 272 g/mol. The summed E-state index contributed by atoms with van der Waals surface area (Å²) in [6, 6.07) is 4.21. The van der Waals surface area contributed by atoms with Crippen molar-refractivity contribution in [3.05, 3.63) is 29.0 Å².